The molecule has 3 aromatic rings. The number of nitrogens with one attached hydrogen (secondary N) is 1. The third-order valence-electron chi connectivity index (χ3n) is 4.70. The summed E-state index contributed by atoms with van der Waals surface area (Å²) in [5.74, 6) is 0.0312. The van der Waals surface area contributed by atoms with Crippen molar-refractivity contribution in [1.29, 1.82) is 0 Å². The first-order valence-electron chi connectivity index (χ1n) is 9.05. The Bertz CT molecular complexity index is 1150. The number of anilines is 2. The molecule has 1 aliphatic heterocycles. The van der Waals surface area contributed by atoms with E-state index in [1.807, 2.05) is 0 Å². The van der Waals surface area contributed by atoms with Crippen molar-refractivity contribution in [3.8, 4) is 0 Å². The molecule has 3 heterocycles. The molecule has 2 aromatic heterocycles. The van der Waals surface area contributed by atoms with E-state index in [9.17, 15) is 25.4 Å². The number of rotatable bonds is 6. The minimum absolute atomic E-state index is 0.000161. The fraction of sp³-hybridized carbons (Fsp3) is 0.294. The van der Waals surface area contributed by atoms with Crippen molar-refractivity contribution < 1.29 is 25.0 Å². The zero-order valence-corrected chi connectivity index (χ0v) is 15.8. The number of non-ortho nitro benzene ring substituents is 1. The Kier molecular flexibility index (Phi) is 5.43. The molecule has 1 aliphatic rings. The van der Waals surface area contributed by atoms with Crippen molar-refractivity contribution in [2.45, 2.75) is 24.5 Å². The number of aliphatic hydroxyl groups excluding tert-OH is 3. The summed E-state index contributed by atoms with van der Waals surface area (Å²) >= 11 is 0. The molecule has 0 unspecified atom stereocenters. The molecule has 0 spiro atoms. The summed E-state index contributed by atoms with van der Waals surface area (Å²) in [4.78, 5) is 22.8. The molecule has 1 fully saturated rings. The van der Waals surface area contributed by atoms with Gasteiger partial charge in [-0.05, 0) is 0 Å². The standard InChI is InChI=1S/C17H18N8O6/c18-14-11-15(24(7-19-11)16-13(28)12(27)10(6-26)31-16)22-17(21-14)23-20-5-8-2-1-3-9(4-8)25(29)30/h1-5,7,10,12-13,16,26-28H,6H2,(H3,18,21,22,23)/b20-5+/t10-,12-,13-,16-/m1/s1. The van der Waals surface area contributed by atoms with Gasteiger partial charge in [-0.3, -0.25) is 14.7 Å². The van der Waals surface area contributed by atoms with Gasteiger partial charge in [-0.2, -0.15) is 15.1 Å². The second kappa shape index (κ2) is 8.19. The second-order valence-electron chi connectivity index (χ2n) is 6.71. The summed E-state index contributed by atoms with van der Waals surface area (Å²) in [6.07, 6.45) is -1.95. The van der Waals surface area contributed by atoms with Crippen LogP contribution in [-0.2, 0) is 4.74 Å². The zero-order valence-electron chi connectivity index (χ0n) is 15.8. The van der Waals surface area contributed by atoms with Gasteiger partial charge in [0, 0.05) is 17.7 Å². The highest BCUT2D eigenvalue weighted by Crippen LogP contribution is 2.32. The van der Waals surface area contributed by atoms with Crippen molar-refractivity contribution in [2.24, 2.45) is 5.10 Å². The second-order valence-corrected chi connectivity index (χ2v) is 6.71. The number of fused-ring (bicyclic) bond motifs is 1. The molecule has 0 radical (unpaired) electrons. The summed E-state index contributed by atoms with van der Waals surface area (Å²) in [6.45, 7) is -0.475. The van der Waals surface area contributed by atoms with Gasteiger partial charge in [0.1, 0.15) is 23.8 Å². The van der Waals surface area contributed by atoms with E-state index in [0.717, 1.165) is 0 Å². The zero-order chi connectivity index (χ0) is 22.1. The molecule has 14 nitrogen and oxygen atoms in total. The van der Waals surface area contributed by atoms with Gasteiger partial charge in [0.25, 0.3) is 5.69 Å². The lowest BCUT2D eigenvalue weighted by Gasteiger charge is -2.16. The number of ether oxygens (including phenoxy) is 1. The fourth-order valence-electron chi connectivity index (χ4n) is 3.17. The Labute approximate surface area is 173 Å². The molecule has 1 saturated heterocycles. The van der Waals surface area contributed by atoms with Crippen LogP contribution in [0.4, 0.5) is 17.5 Å². The maximum atomic E-state index is 10.9. The molecule has 4 atom stereocenters. The first-order chi connectivity index (χ1) is 14.9. The van der Waals surface area contributed by atoms with E-state index in [1.54, 1.807) is 6.07 Å². The van der Waals surface area contributed by atoms with Gasteiger partial charge in [0.15, 0.2) is 17.7 Å². The Hall–Kier alpha value is -3.72. The van der Waals surface area contributed by atoms with E-state index in [1.165, 1.54) is 35.3 Å². The number of imidazole rings is 1. The third-order valence-corrected chi connectivity index (χ3v) is 4.70. The number of nitrogen functional groups attached to an aromatic ring is 1. The summed E-state index contributed by atoms with van der Waals surface area (Å²) in [6, 6.07) is 5.87. The first kappa shape index (κ1) is 20.5. The summed E-state index contributed by atoms with van der Waals surface area (Å²) in [5.41, 5.74) is 9.37. The molecule has 0 bridgehead atoms. The Morgan fingerprint density at radius 1 is 1.35 bits per heavy atom. The van der Waals surface area contributed by atoms with Crippen LogP contribution in [0.5, 0.6) is 0 Å². The van der Waals surface area contributed by atoms with Crippen LogP contribution in [0.15, 0.2) is 35.7 Å². The monoisotopic (exact) mass is 430 g/mol. The molecular weight excluding hydrogens is 412 g/mol. The van der Waals surface area contributed by atoms with E-state index in [4.69, 9.17) is 10.5 Å². The molecule has 31 heavy (non-hydrogen) atoms. The average Bonchev–Trinajstić information content (AvgIpc) is 3.30. The number of hydrogen-bond donors (Lipinski definition) is 5. The predicted molar refractivity (Wildman–Crippen MR) is 107 cm³/mol. The number of benzene rings is 1. The number of nitro groups is 1. The lowest BCUT2D eigenvalue weighted by Crippen LogP contribution is -2.33. The van der Waals surface area contributed by atoms with Crippen molar-refractivity contribution in [3.63, 3.8) is 0 Å². The normalized spacial score (nSPS) is 23.6. The lowest BCUT2D eigenvalue weighted by atomic mass is 10.1. The highest BCUT2D eigenvalue weighted by atomic mass is 16.6. The van der Waals surface area contributed by atoms with Crippen LogP contribution >= 0.6 is 0 Å². The van der Waals surface area contributed by atoms with Gasteiger partial charge in [0.2, 0.25) is 5.95 Å². The minimum Gasteiger partial charge on any atom is -0.394 e. The Morgan fingerprint density at radius 3 is 2.87 bits per heavy atom. The number of nitrogens with zero attached hydrogens (tertiary/aromatic N) is 6. The fourth-order valence-corrected chi connectivity index (χ4v) is 3.17. The van der Waals surface area contributed by atoms with Crippen molar-refractivity contribution >= 4 is 34.8 Å². The summed E-state index contributed by atoms with van der Waals surface area (Å²) in [7, 11) is 0. The first-order valence-corrected chi connectivity index (χ1v) is 9.05. The molecule has 0 amide bonds. The number of hydrogen-bond acceptors (Lipinski definition) is 12. The highest BCUT2D eigenvalue weighted by Gasteiger charge is 2.44. The molecule has 0 aliphatic carbocycles. The van der Waals surface area contributed by atoms with Crippen LogP contribution in [0.25, 0.3) is 11.2 Å². The quantitative estimate of drug-likeness (QED) is 0.189. The lowest BCUT2D eigenvalue weighted by molar-refractivity contribution is -0.384. The van der Waals surface area contributed by atoms with Crippen LogP contribution in [0.3, 0.4) is 0 Å². The van der Waals surface area contributed by atoms with Gasteiger partial charge in [0.05, 0.1) is 24.1 Å². The number of nitro benzene ring substituents is 1. The van der Waals surface area contributed by atoms with Crippen molar-refractivity contribution in [1.82, 2.24) is 19.5 Å². The minimum atomic E-state index is -1.32. The van der Waals surface area contributed by atoms with E-state index >= 15 is 0 Å². The van der Waals surface area contributed by atoms with E-state index in [2.05, 4.69) is 25.5 Å². The Balaban J connectivity index is 1.59. The molecule has 14 heteroatoms. The van der Waals surface area contributed by atoms with Gasteiger partial charge < -0.3 is 25.8 Å². The number of hydrazone groups is 1. The van der Waals surface area contributed by atoms with E-state index in [-0.39, 0.29) is 28.6 Å². The topological polar surface area (TPSA) is 207 Å². The van der Waals surface area contributed by atoms with Gasteiger partial charge in [-0.25, -0.2) is 10.4 Å². The molecule has 0 saturated carbocycles. The third kappa shape index (κ3) is 3.87. The number of aliphatic hydroxyl groups is 3. The van der Waals surface area contributed by atoms with Crippen molar-refractivity contribution in [2.75, 3.05) is 17.8 Å². The molecular formula is C17H18N8O6. The summed E-state index contributed by atoms with van der Waals surface area (Å²) < 4.78 is 6.87. The largest absolute Gasteiger partial charge is 0.394 e. The number of aromatic nitrogens is 4. The number of nitrogens with two attached hydrogens (primary N) is 1. The average molecular weight is 430 g/mol. The van der Waals surface area contributed by atoms with Gasteiger partial charge >= 0.3 is 0 Å². The van der Waals surface area contributed by atoms with Gasteiger partial charge in [-0.15, -0.1) is 0 Å². The molecule has 162 valence electrons. The van der Waals surface area contributed by atoms with Crippen LogP contribution in [-0.4, -0.2) is 70.9 Å². The van der Waals surface area contributed by atoms with Crippen LogP contribution < -0.4 is 11.2 Å². The maximum absolute atomic E-state index is 10.9. The Morgan fingerprint density at radius 2 is 2.16 bits per heavy atom. The van der Waals surface area contributed by atoms with E-state index < -0.39 is 36.1 Å². The smallest absolute Gasteiger partial charge is 0.270 e. The van der Waals surface area contributed by atoms with Crippen LogP contribution in [0, 0.1) is 10.1 Å². The maximum Gasteiger partial charge on any atom is 0.270 e. The van der Waals surface area contributed by atoms with E-state index in [0.29, 0.717) is 5.56 Å². The van der Waals surface area contributed by atoms with Gasteiger partial charge in [-0.1, -0.05) is 12.1 Å². The molecule has 1 aromatic carbocycles. The predicted octanol–water partition coefficient (Wildman–Crippen LogP) is -0.626. The van der Waals surface area contributed by atoms with Crippen molar-refractivity contribution in [3.05, 3.63) is 46.3 Å². The van der Waals surface area contributed by atoms with Crippen LogP contribution in [0.2, 0.25) is 0 Å². The SMILES string of the molecule is Nc1nc(N/N=C/c2cccc([N+](=O)[O-])c2)nc2c1ncn2[C@@H]1O[C@H](CO)[C@@H](O)[C@H]1O. The highest BCUT2D eigenvalue weighted by molar-refractivity contribution is 5.83. The summed E-state index contributed by atoms with van der Waals surface area (Å²) in [5, 5.41) is 44.3. The molecule has 4 rings (SSSR count). The van der Waals surface area contributed by atoms with Crippen LogP contribution in [0.1, 0.15) is 11.8 Å². The molecule has 6 N–H and O–H groups in total.